The Hall–Kier alpha value is -2.74. The first-order chi connectivity index (χ1) is 11.7. The van der Waals surface area contributed by atoms with Crippen LogP contribution in [0.15, 0.2) is 37.2 Å². The van der Waals surface area contributed by atoms with Crippen LogP contribution in [-0.2, 0) is 20.1 Å². The molecule has 0 radical (unpaired) electrons. The molecule has 0 aliphatic carbocycles. The van der Waals surface area contributed by atoms with Gasteiger partial charge in [-0.25, -0.2) is 9.67 Å². The van der Waals surface area contributed by atoms with E-state index < -0.39 is 0 Å². The van der Waals surface area contributed by atoms with Crippen molar-refractivity contribution in [2.75, 3.05) is 7.11 Å². The summed E-state index contributed by atoms with van der Waals surface area (Å²) in [5, 5.41) is 15.7. The van der Waals surface area contributed by atoms with Crippen molar-refractivity contribution in [1.29, 1.82) is 0 Å². The van der Waals surface area contributed by atoms with Gasteiger partial charge < -0.3 is 14.6 Å². The molecule has 0 saturated heterocycles. The summed E-state index contributed by atoms with van der Waals surface area (Å²) in [5.74, 6) is 1.75. The first-order valence-corrected chi connectivity index (χ1v) is 7.73. The molecule has 0 bridgehead atoms. The normalized spacial score (nSPS) is 12.3. The predicted molar refractivity (Wildman–Crippen MR) is 88.4 cm³/mol. The molecule has 0 saturated carbocycles. The Labute approximate surface area is 140 Å². The Kier molecular flexibility index (Phi) is 4.85. The summed E-state index contributed by atoms with van der Waals surface area (Å²) in [6.07, 6.45) is 4.93. The highest BCUT2D eigenvalue weighted by molar-refractivity contribution is 5.37. The van der Waals surface area contributed by atoms with Gasteiger partial charge in [0, 0.05) is 19.2 Å². The zero-order chi connectivity index (χ0) is 16.9. The van der Waals surface area contributed by atoms with Gasteiger partial charge in [0.05, 0.1) is 19.7 Å². The monoisotopic (exact) mass is 327 g/mol. The van der Waals surface area contributed by atoms with Crippen molar-refractivity contribution in [3.63, 3.8) is 0 Å². The molecule has 0 amide bonds. The van der Waals surface area contributed by atoms with E-state index in [0.29, 0.717) is 6.54 Å². The highest BCUT2D eigenvalue weighted by Gasteiger charge is 2.11. The molecule has 0 aliphatic rings. The minimum absolute atomic E-state index is 0.110. The lowest BCUT2D eigenvalue weighted by Crippen LogP contribution is -2.21. The molecule has 1 unspecified atom stereocenters. The summed E-state index contributed by atoms with van der Waals surface area (Å²) in [6, 6.07) is 6.27. The van der Waals surface area contributed by atoms with E-state index in [9.17, 15) is 0 Å². The first kappa shape index (κ1) is 16.1. The molecule has 2 heterocycles. The van der Waals surface area contributed by atoms with E-state index in [-0.39, 0.29) is 6.04 Å². The number of benzene rings is 1. The summed E-state index contributed by atoms with van der Waals surface area (Å²) in [7, 11) is 3.62. The highest BCUT2D eigenvalue weighted by atomic mass is 16.5. The van der Waals surface area contributed by atoms with Crippen LogP contribution in [0.3, 0.4) is 0 Å². The van der Waals surface area contributed by atoms with Gasteiger partial charge >= 0.3 is 0 Å². The Bertz CT molecular complexity index is 782. The molecule has 126 valence electrons. The van der Waals surface area contributed by atoms with Crippen LogP contribution in [-0.4, -0.2) is 36.6 Å². The SMILES string of the molecule is COc1ccc(CNC(C)c2nncn2C)cc1Cn1cncn1. The maximum absolute atomic E-state index is 5.45. The lowest BCUT2D eigenvalue weighted by Gasteiger charge is -2.15. The van der Waals surface area contributed by atoms with E-state index in [1.54, 1.807) is 24.4 Å². The Morgan fingerprint density at radius 3 is 2.83 bits per heavy atom. The van der Waals surface area contributed by atoms with Gasteiger partial charge in [0.15, 0.2) is 0 Å². The molecular formula is C16H21N7O. The second-order valence-electron chi connectivity index (χ2n) is 5.64. The standard InChI is InChI=1S/C16H21N7O/c1-12(16-21-19-11-22(16)2)18-7-13-4-5-15(24-3)14(6-13)8-23-10-17-9-20-23/h4-6,9-12,18H,7-8H2,1-3H3. The Morgan fingerprint density at radius 1 is 1.29 bits per heavy atom. The first-order valence-electron chi connectivity index (χ1n) is 7.73. The molecule has 1 aromatic carbocycles. The molecule has 1 N–H and O–H groups in total. The number of hydrogen-bond donors (Lipinski definition) is 1. The molecular weight excluding hydrogens is 306 g/mol. The van der Waals surface area contributed by atoms with E-state index in [2.05, 4.69) is 44.7 Å². The summed E-state index contributed by atoms with van der Waals surface area (Å²) in [5.41, 5.74) is 2.23. The third-order valence-corrected chi connectivity index (χ3v) is 3.89. The van der Waals surface area contributed by atoms with Crippen LogP contribution < -0.4 is 10.1 Å². The Morgan fingerprint density at radius 2 is 2.17 bits per heavy atom. The highest BCUT2D eigenvalue weighted by Crippen LogP contribution is 2.21. The van der Waals surface area contributed by atoms with Gasteiger partial charge in [-0.15, -0.1) is 10.2 Å². The molecule has 0 spiro atoms. The third-order valence-electron chi connectivity index (χ3n) is 3.89. The van der Waals surface area contributed by atoms with E-state index >= 15 is 0 Å². The van der Waals surface area contributed by atoms with Gasteiger partial charge in [0.1, 0.15) is 30.6 Å². The number of nitrogens with zero attached hydrogens (tertiary/aromatic N) is 6. The minimum Gasteiger partial charge on any atom is -0.496 e. The maximum Gasteiger partial charge on any atom is 0.149 e. The van der Waals surface area contributed by atoms with Crippen molar-refractivity contribution < 1.29 is 4.74 Å². The molecule has 1 atom stereocenters. The summed E-state index contributed by atoms with van der Waals surface area (Å²) < 4.78 is 9.14. The van der Waals surface area contributed by atoms with Gasteiger partial charge in [-0.2, -0.15) is 5.10 Å². The van der Waals surface area contributed by atoms with Crippen molar-refractivity contribution in [1.82, 2.24) is 34.8 Å². The Balaban J connectivity index is 1.70. The van der Waals surface area contributed by atoms with Crippen molar-refractivity contribution in [2.45, 2.75) is 26.1 Å². The molecule has 24 heavy (non-hydrogen) atoms. The second kappa shape index (κ2) is 7.22. The van der Waals surface area contributed by atoms with Crippen LogP contribution in [0.1, 0.15) is 29.9 Å². The summed E-state index contributed by atoms with van der Waals surface area (Å²) in [4.78, 5) is 3.98. The molecule has 8 heteroatoms. The predicted octanol–water partition coefficient (Wildman–Crippen LogP) is 1.31. The summed E-state index contributed by atoms with van der Waals surface area (Å²) >= 11 is 0. The van der Waals surface area contributed by atoms with Crippen LogP contribution in [0.2, 0.25) is 0 Å². The maximum atomic E-state index is 5.45. The third kappa shape index (κ3) is 3.60. The van der Waals surface area contributed by atoms with Gasteiger partial charge in [0.2, 0.25) is 0 Å². The van der Waals surface area contributed by atoms with Gasteiger partial charge in [-0.3, -0.25) is 0 Å². The van der Waals surface area contributed by atoms with Crippen LogP contribution in [0.25, 0.3) is 0 Å². The molecule has 3 rings (SSSR count). The second-order valence-corrected chi connectivity index (χ2v) is 5.64. The quantitative estimate of drug-likeness (QED) is 0.704. The van der Waals surface area contributed by atoms with Crippen molar-refractivity contribution in [3.05, 3.63) is 54.1 Å². The van der Waals surface area contributed by atoms with Crippen molar-refractivity contribution >= 4 is 0 Å². The summed E-state index contributed by atoms with van der Waals surface area (Å²) in [6.45, 7) is 3.42. The van der Waals surface area contributed by atoms with Gasteiger partial charge in [0.25, 0.3) is 0 Å². The number of aryl methyl sites for hydroxylation is 1. The molecule has 8 nitrogen and oxygen atoms in total. The number of nitrogens with one attached hydrogen (secondary N) is 1. The van der Waals surface area contributed by atoms with Crippen LogP contribution in [0, 0.1) is 0 Å². The average Bonchev–Trinajstić information content (AvgIpc) is 3.24. The smallest absolute Gasteiger partial charge is 0.149 e. The fourth-order valence-corrected chi connectivity index (χ4v) is 2.60. The number of methoxy groups -OCH3 is 1. The van der Waals surface area contributed by atoms with E-state index in [0.717, 1.165) is 23.7 Å². The lowest BCUT2D eigenvalue weighted by atomic mass is 10.1. The number of hydrogen-bond acceptors (Lipinski definition) is 6. The lowest BCUT2D eigenvalue weighted by molar-refractivity contribution is 0.407. The number of rotatable bonds is 7. The van der Waals surface area contributed by atoms with Gasteiger partial charge in [-0.05, 0) is 24.6 Å². The molecule has 0 aliphatic heterocycles. The number of ether oxygens (including phenoxy) is 1. The zero-order valence-corrected chi connectivity index (χ0v) is 14.0. The average molecular weight is 327 g/mol. The topological polar surface area (TPSA) is 82.7 Å². The van der Waals surface area contributed by atoms with Gasteiger partial charge in [-0.1, -0.05) is 6.07 Å². The molecule has 0 fully saturated rings. The molecule has 3 aromatic rings. The van der Waals surface area contributed by atoms with E-state index in [1.165, 1.54) is 11.9 Å². The molecule has 2 aromatic heterocycles. The van der Waals surface area contributed by atoms with E-state index in [1.807, 2.05) is 17.7 Å². The minimum atomic E-state index is 0.110. The van der Waals surface area contributed by atoms with Crippen molar-refractivity contribution in [2.24, 2.45) is 7.05 Å². The fourth-order valence-electron chi connectivity index (χ4n) is 2.60. The van der Waals surface area contributed by atoms with Crippen LogP contribution >= 0.6 is 0 Å². The van der Waals surface area contributed by atoms with E-state index in [4.69, 9.17) is 4.74 Å². The largest absolute Gasteiger partial charge is 0.496 e. The fraction of sp³-hybridized carbons (Fsp3) is 0.375. The zero-order valence-electron chi connectivity index (χ0n) is 14.0. The van der Waals surface area contributed by atoms with Crippen LogP contribution in [0.4, 0.5) is 0 Å². The van der Waals surface area contributed by atoms with Crippen LogP contribution in [0.5, 0.6) is 5.75 Å². The number of aromatic nitrogens is 6. The van der Waals surface area contributed by atoms with Crippen molar-refractivity contribution in [3.8, 4) is 5.75 Å².